The Balaban J connectivity index is 1.58. The van der Waals surface area contributed by atoms with E-state index in [0.717, 1.165) is 15.4 Å². The number of hydrogen-bond acceptors (Lipinski definition) is 6. The summed E-state index contributed by atoms with van der Waals surface area (Å²) in [6, 6.07) is 17.1. The summed E-state index contributed by atoms with van der Waals surface area (Å²) in [5, 5.41) is 11.7. The Bertz CT molecular complexity index is 1510. The first kappa shape index (κ1) is 24.8. The normalized spacial score (nSPS) is 15.7. The molecule has 2 aromatic carbocycles. The van der Waals surface area contributed by atoms with Crippen molar-refractivity contribution in [1.29, 1.82) is 0 Å². The molecule has 0 bridgehead atoms. The molecule has 0 saturated heterocycles. The van der Waals surface area contributed by atoms with Crippen molar-refractivity contribution in [2.75, 3.05) is 6.61 Å². The summed E-state index contributed by atoms with van der Waals surface area (Å²) in [5.41, 5.74) is 1.91. The molecule has 1 N–H and O–H groups in total. The first-order valence-corrected chi connectivity index (χ1v) is 12.7. The molecule has 1 aliphatic rings. The summed E-state index contributed by atoms with van der Waals surface area (Å²) in [5.74, 6) is -0.786. The molecule has 1 aliphatic heterocycles. The van der Waals surface area contributed by atoms with Gasteiger partial charge in [-0.15, -0.1) is 0 Å². The molecule has 7 nitrogen and oxygen atoms in total. The van der Waals surface area contributed by atoms with Gasteiger partial charge in [0, 0.05) is 28.8 Å². The van der Waals surface area contributed by atoms with Crippen molar-refractivity contribution < 1.29 is 23.8 Å². The lowest BCUT2D eigenvalue weighted by molar-refractivity contribution is -0.130. The molecule has 1 unspecified atom stereocenters. The fraction of sp³-hybridized carbons (Fsp3) is 0.207. The summed E-state index contributed by atoms with van der Waals surface area (Å²) in [6.07, 6.45) is 3.30. The number of amides is 1. The molecule has 2 aromatic heterocycles. The minimum atomic E-state index is -0.845. The summed E-state index contributed by atoms with van der Waals surface area (Å²) in [7, 11) is 0. The van der Waals surface area contributed by atoms with Crippen molar-refractivity contribution in [3.05, 3.63) is 106 Å². The highest BCUT2D eigenvalue weighted by atomic mass is 79.9. The van der Waals surface area contributed by atoms with E-state index in [2.05, 4.69) is 34.8 Å². The minimum Gasteiger partial charge on any atom is -0.503 e. The fourth-order valence-electron chi connectivity index (χ4n) is 4.38. The number of aliphatic hydroxyl groups is 1. The number of carbonyl (C=O) groups excluding carboxylic acids is 2. The monoisotopic (exact) mass is 560 g/mol. The summed E-state index contributed by atoms with van der Waals surface area (Å²) in [6.45, 7) is 4.79. The molecule has 0 radical (unpaired) electrons. The molecular weight excluding hydrogens is 536 g/mol. The number of benzene rings is 2. The lowest BCUT2D eigenvalue weighted by atomic mass is 9.94. The van der Waals surface area contributed by atoms with Crippen molar-refractivity contribution in [3.8, 4) is 5.75 Å². The van der Waals surface area contributed by atoms with Crippen molar-refractivity contribution in [2.24, 2.45) is 5.92 Å². The zero-order chi connectivity index (χ0) is 26.1. The summed E-state index contributed by atoms with van der Waals surface area (Å²) < 4.78 is 12.6. The van der Waals surface area contributed by atoms with Crippen molar-refractivity contribution in [3.63, 3.8) is 0 Å². The topological polar surface area (TPSA) is 92.9 Å². The van der Waals surface area contributed by atoms with E-state index in [9.17, 15) is 14.7 Å². The lowest BCUT2D eigenvalue weighted by Gasteiger charge is -2.27. The molecule has 0 spiro atoms. The molecule has 37 heavy (non-hydrogen) atoms. The van der Waals surface area contributed by atoms with E-state index in [1.165, 1.54) is 4.90 Å². The number of furan rings is 1. The van der Waals surface area contributed by atoms with E-state index in [1.54, 1.807) is 36.7 Å². The first-order chi connectivity index (χ1) is 17.8. The Morgan fingerprint density at radius 2 is 2.00 bits per heavy atom. The van der Waals surface area contributed by atoms with Gasteiger partial charge < -0.3 is 19.2 Å². The van der Waals surface area contributed by atoms with Crippen molar-refractivity contribution >= 4 is 38.6 Å². The number of fused-ring (bicyclic) bond motifs is 1. The smallest absolute Gasteiger partial charge is 0.290 e. The van der Waals surface area contributed by atoms with Gasteiger partial charge in [-0.3, -0.25) is 14.6 Å². The van der Waals surface area contributed by atoms with Gasteiger partial charge in [0.05, 0.1) is 18.2 Å². The highest BCUT2D eigenvalue weighted by Crippen LogP contribution is 2.41. The van der Waals surface area contributed by atoms with Gasteiger partial charge in [0.15, 0.2) is 11.5 Å². The van der Waals surface area contributed by atoms with Crippen LogP contribution in [0.2, 0.25) is 0 Å². The number of halogens is 1. The highest BCUT2D eigenvalue weighted by Gasteiger charge is 2.44. The van der Waals surface area contributed by atoms with Crippen LogP contribution in [-0.2, 0) is 11.3 Å². The first-order valence-electron chi connectivity index (χ1n) is 11.9. The molecule has 0 fully saturated rings. The predicted molar refractivity (Wildman–Crippen MR) is 142 cm³/mol. The van der Waals surface area contributed by atoms with E-state index < -0.39 is 23.5 Å². The van der Waals surface area contributed by atoms with Crippen molar-refractivity contribution in [2.45, 2.75) is 26.4 Å². The molecule has 3 heterocycles. The molecule has 188 valence electrons. The van der Waals surface area contributed by atoms with Gasteiger partial charge in [0.2, 0.25) is 5.78 Å². The Kier molecular flexibility index (Phi) is 6.84. The zero-order valence-electron chi connectivity index (χ0n) is 20.3. The molecule has 5 rings (SSSR count). The van der Waals surface area contributed by atoms with Crippen LogP contribution < -0.4 is 4.74 Å². The maximum atomic E-state index is 13.8. The second-order valence-corrected chi connectivity index (χ2v) is 10.3. The quantitative estimate of drug-likeness (QED) is 0.250. The third-order valence-electron chi connectivity index (χ3n) is 6.08. The number of hydrogen-bond donors (Lipinski definition) is 1. The number of nitrogens with zero attached hydrogens (tertiary/aromatic N) is 2. The zero-order valence-corrected chi connectivity index (χ0v) is 21.9. The lowest BCUT2D eigenvalue weighted by Crippen LogP contribution is -2.30. The van der Waals surface area contributed by atoms with E-state index >= 15 is 0 Å². The number of pyridine rings is 1. The number of Topliss-reactive ketones (excluding diaryl/α,β-unsaturated/α-hetero) is 1. The molecule has 1 amide bonds. The van der Waals surface area contributed by atoms with Gasteiger partial charge in [-0.05, 0) is 59.5 Å². The van der Waals surface area contributed by atoms with Crippen LogP contribution in [0, 0.1) is 5.92 Å². The summed E-state index contributed by atoms with van der Waals surface area (Å²) in [4.78, 5) is 32.7. The molecule has 8 heteroatoms. The summed E-state index contributed by atoms with van der Waals surface area (Å²) >= 11 is 3.43. The van der Waals surface area contributed by atoms with Gasteiger partial charge in [-0.2, -0.15) is 0 Å². The van der Waals surface area contributed by atoms with Crippen LogP contribution in [0.5, 0.6) is 5.75 Å². The third-order valence-corrected chi connectivity index (χ3v) is 6.58. The largest absolute Gasteiger partial charge is 0.503 e. The maximum Gasteiger partial charge on any atom is 0.290 e. The Labute approximate surface area is 222 Å². The molecule has 0 aliphatic carbocycles. The molecule has 4 aromatic rings. The van der Waals surface area contributed by atoms with Gasteiger partial charge in [0.25, 0.3) is 5.91 Å². The standard InChI is InChI=1S/C29H25BrN2O5/c1-17(2)16-36-22-7-3-6-19(12-22)26-25(27(33)24-13-20-11-21(30)8-9-23(20)37-24)28(34)29(35)32(26)15-18-5-4-10-31-14-18/h3-14,17,26,34H,15-16H2,1-2H3. The number of aliphatic hydroxyl groups excluding tert-OH is 1. The van der Waals surface area contributed by atoms with Gasteiger partial charge in [0.1, 0.15) is 11.3 Å². The SMILES string of the molecule is CC(C)COc1cccc(C2C(C(=O)c3cc4cc(Br)ccc4o3)=C(O)C(=O)N2Cc2cccnc2)c1. The van der Waals surface area contributed by atoms with Crippen LogP contribution in [0.15, 0.2) is 93.3 Å². The van der Waals surface area contributed by atoms with E-state index in [1.807, 2.05) is 36.4 Å². The number of carbonyl (C=O) groups is 2. The van der Waals surface area contributed by atoms with Gasteiger partial charge in [-0.1, -0.05) is 48.0 Å². The Morgan fingerprint density at radius 3 is 2.76 bits per heavy atom. The molecule has 1 atom stereocenters. The third kappa shape index (κ3) is 5.02. The van der Waals surface area contributed by atoms with Crippen LogP contribution in [-0.4, -0.2) is 33.3 Å². The number of aromatic nitrogens is 1. The predicted octanol–water partition coefficient (Wildman–Crippen LogP) is 6.40. The number of ketones is 1. The van der Waals surface area contributed by atoms with E-state index in [4.69, 9.17) is 9.15 Å². The van der Waals surface area contributed by atoms with E-state index in [0.29, 0.717) is 29.4 Å². The molecular formula is C29H25BrN2O5. The second kappa shape index (κ2) is 10.2. The number of ether oxygens (including phenoxy) is 1. The van der Waals surface area contributed by atoms with Crippen LogP contribution in [0.3, 0.4) is 0 Å². The minimum absolute atomic E-state index is 0.0342. The Morgan fingerprint density at radius 1 is 1.16 bits per heavy atom. The molecule has 0 saturated carbocycles. The highest BCUT2D eigenvalue weighted by molar-refractivity contribution is 9.10. The Hall–Kier alpha value is -3.91. The van der Waals surface area contributed by atoms with Crippen LogP contribution >= 0.6 is 15.9 Å². The van der Waals surface area contributed by atoms with E-state index in [-0.39, 0.29) is 17.9 Å². The van der Waals surface area contributed by atoms with Crippen molar-refractivity contribution in [1.82, 2.24) is 9.88 Å². The fourth-order valence-corrected chi connectivity index (χ4v) is 4.76. The van der Waals surface area contributed by atoms with Crippen LogP contribution in [0.25, 0.3) is 11.0 Å². The maximum absolute atomic E-state index is 13.8. The van der Waals surface area contributed by atoms with Gasteiger partial charge >= 0.3 is 0 Å². The average Bonchev–Trinajstić information content (AvgIpc) is 3.42. The van der Waals surface area contributed by atoms with Crippen LogP contribution in [0.4, 0.5) is 0 Å². The number of rotatable bonds is 8. The average molecular weight is 561 g/mol. The second-order valence-electron chi connectivity index (χ2n) is 9.36. The van der Waals surface area contributed by atoms with Gasteiger partial charge in [-0.25, -0.2) is 0 Å². The van der Waals surface area contributed by atoms with Crippen LogP contribution in [0.1, 0.15) is 41.6 Å².